The summed E-state index contributed by atoms with van der Waals surface area (Å²) in [6.07, 6.45) is 2.38. The normalized spacial score (nSPS) is 16.6. The maximum absolute atomic E-state index is 12.9. The van der Waals surface area contributed by atoms with E-state index in [0.717, 1.165) is 19.0 Å². The minimum Gasteiger partial charge on any atom is -0.462 e. The van der Waals surface area contributed by atoms with Gasteiger partial charge < -0.3 is 15.0 Å². The molecule has 1 aliphatic rings. The molecule has 1 fully saturated rings. The van der Waals surface area contributed by atoms with Gasteiger partial charge in [0.2, 0.25) is 0 Å². The molecular formula is C22H31N3O3S. The van der Waals surface area contributed by atoms with Crippen molar-refractivity contribution in [3.05, 3.63) is 44.9 Å². The molecular weight excluding hydrogens is 386 g/mol. The molecule has 1 saturated heterocycles. The van der Waals surface area contributed by atoms with Crippen molar-refractivity contribution in [1.82, 2.24) is 15.2 Å². The monoisotopic (exact) mass is 417 g/mol. The van der Waals surface area contributed by atoms with Crippen molar-refractivity contribution in [3.63, 3.8) is 0 Å². The fraction of sp³-hybridized carbons (Fsp3) is 0.545. The van der Waals surface area contributed by atoms with E-state index in [-0.39, 0.29) is 11.9 Å². The summed E-state index contributed by atoms with van der Waals surface area (Å²) >= 11 is 1.73. The number of nitrogens with one attached hydrogen (secondary N) is 2. The number of carbonyl (C=O) groups is 2. The number of rotatable bonds is 7. The number of likely N-dealkylation sites (tertiary alicyclic amines) is 1. The molecule has 1 aliphatic heterocycles. The van der Waals surface area contributed by atoms with Crippen LogP contribution in [0.1, 0.15) is 69.7 Å². The Balaban J connectivity index is 1.72. The van der Waals surface area contributed by atoms with Crippen molar-refractivity contribution in [1.29, 1.82) is 0 Å². The number of piperidine rings is 1. The highest BCUT2D eigenvalue weighted by Gasteiger charge is 2.27. The van der Waals surface area contributed by atoms with Crippen LogP contribution in [0, 0.1) is 19.8 Å². The van der Waals surface area contributed by atoms with E-state index in [0.29, 0.717) is 35.7 Å². The molecule has 158 valence electrons. The van der Waals surface area contributed by atoms with Crippen LogP contribution in [0.4, 0.5) is 0 Å². The number of hydrogen-bond acceptors (Lipinski definition) is 5. The molecule has 6 nitrogen and oxygen atoms in total. The molecule has 0 spiro atoms. The van der Waals surface area contributed by atoms with Crippen molar-refractivity contribution in [2.75, 3.05) is 26.2 Å². The zero-order valence-corrected chi connectivity index (χ0v) is 18.5. The Morgan fingerprint density at radius 3 is 2.69 bits per heavy atom. The first-order valence-corrected chi connectivity index (χ1v) is 11.2. The standard InChI is InChI=1S/C22H31N3O3S/c1-5-28-22(27)19-15(3)20(24-16(19)4)21(26)23-13-17(18-7-6-12-29-18)25-10-8-14(2)9-11-25/h6-7,12,14,17,24H,5,8-11,13H2,1-4H3,(H,23,26). The lowest BCUT2D eigenvalue weighted by molar-refractivity contribution is 0.0525. The van der Waals surface area contributed by atoms with Crippen molar-refractivity contribution in [2.45, 2.75) is 46.6 Å². The molecule has 2 N–H and O–H groups in total. The predicted octanol–water partition coefficient (Wildman–Crippen LogP) is 4.07. The molecule has 0 bridgehead atoms. The van der Waals surface area contributed by atoms with Gasteiger partial charge in [0.05, 0.1) is 18.2 Å². The molecule has 1 amide bonds. The second kappa shape index (κ2) is 9.59. The number of amides is 1. The van der Waals surface area contributed by atoms with Gasteiger partial charge in [0, 0.05) is 17.1 Å². The number of thiophene rings is 1. The van der Waals surface area contributed by atoms with Gasteiger partial charge in [0.25, 0.3) is 5.91 Å². The van der Waals surface area contributed by atoms with Crippen molar-refractivity contribution < 1.29 is 14.3 Å². The molecule has 29 heavy (non-hydrogen) atoms. The average Bonchev–Trinajstić information content (AvgIpc) is 3.31. The van der Waals surface area contributed by atoms with Crippen LogP contribution in [0.5, 0.6) is 0 Å². The molecule has 0 aliphatic carbocycles. The number of carbonyl (C=O) groups excluding carboxylic acids is 2. The van der Waals surface area contributed by atoms with Crippen molar-refractivity contribution in [2.24, 2.45) is 5.92 Å². The molecule has 1 atom stereocenters. The second-order valence-corrected chi connectivity index (χ2v) is 8.78. The van der Waals surface area contributed by atoms with Gasteiger partial charge in [-0.15, -0.1) is 11.3 Å². The Kier molecular flexibility index (Phi) is 7.14. The first-order chi connectivity index (χ1) is 13.9. The lowest BCUT2D eigenvalue weighted by atomic mass is 9.97. The minimum atomic E-state index is -0.392. The lowest BCUT2D eigenvalue weighted by Gasteiger charge is -2.36. The molecule has 2 aromatic heterocycles. The van der Waals surface area contributed by atoms with Gasteiger partial charge in [-0.1, -0.05) is 13.0 Å². The predicted molar refractivity (Wildman–Crippen MR) is 116 cm³/mol. The highest BCUT2D eigenvalue weighted by molar-refractivity contribution is 7.10. The quantitative estimate of drug-likeness (QED) is 0.666. The second-order valence-electron chi connectivity index (χ2n) is 7.81. The number of nitrogens with zero attached hydrogens (tertiary/aromatic N) is 1. The Hall–Kier alpha value is -2.12. The van der Waals surface area contributed by atoms with Crippen LogP contribution in [0.2, 0.25) is 0 Å². The molecule has 1 unspecified atom stereocenters. The maximum atomic E-state index is 12.9. The summed E-state index contributed by atoms with van der Waals surface area (Å²) in [5.74, 6) is 0.181. The smallest absolute Gasteiger partial charge is 0.340 e. The largest absolute Gasteiger partial charge is 0.462 e. The van der Waals surface area contributed by atoms with Gasteiger partial charge in [0.1, 0.15) is 5.69 Å². The first-order valence-electron chi connectivity index (χ1n) is 10.3. The van der Waals surface area contributed by atoms with Crippen molar-refractivity contribution in [3.8, 4) is 0 Å². The Morgan fingerprint density at radius 1 is 1.34 bits per heavy atom. The number of H-pyrrole nitrogens is 1. The number of esters is 1. The van der Waals surface area contributed by atoms with Crippen LogP contribution in [0.15, 0.2) is 17.5 Å². The summed E-state index contributed by atoms with van der Waals surface area (Å²) < 4.78 is 5.12. The molecule has 3 heterocycles. The van der Waals surface area contributed by atoms with E-state index in [1.165, 1.54) is 17.7 Å². The highest BCUT2D eigenvalue weighted by atomic mass is 32.1. The van der Waals surface area contributed by atoms with E-state index in [4.69, 9.17) is 4.74 Å². The van der Waals surface area contributed by atoms with E-state index in [9.17, 15) is 9.59 Å². The summed E-state index contributed by atoms with van der Waals surface area (Å²) in [6.45, 7) is 10.6. The van der Waals surface area contributed by atoms with Gasteiger partial charge in [0.15, 0.2) is 0 Å². The van der Waals surface area contributed by atoms with E-state index < -0.39 is 5.97 Å². The van der Waals surface area contributed by atoms with Crippen LogP contribution >= 0.6 is 11.3 Å². The Morgan fingerprint density at radius 2 is 2.07 bits per heavy atom. The van der Waals surface area contributed by atoms with Gasteiger partial charge in [-0.05, 0) is 69.6 Å². The van der Waals surface area contributed by atoms with Crippen LogP contribution in [0.3, 0.4) is 0 Å². The number of aromatic amines is 1. The van der Waals surface area contributed by atoms with Crippen LogP contribution < -0.4 is 5.32 Å². The van der Waals surface area contributed by atoms with Crippen LogP contribution in [0.25, 0.3) is 0 Å². The summed E-state index contributed by atoms with van der Waals surface area (Å²) in [5, 5.41) is 5.18. The first kappa shape index (κ1) is 21.6. The molecule has 0 aromatic carbocycles. The third kappa shape index (κ3) is 4.90. The Labute approximate surface area is 176 Å². The summed E-state index contributed by atoms with van der Waals surface area (Å²) in [7, 11) is 0. The zero-order chi connectivity index (χ0) is 21.0. The van der Waals surface area contributed by atoms with Gasteiger partial charge in [-0.25, -0.2) is 4.79 Å². The number of ether oxygens (including phenoxy) is 1. The van der Waals surface area contributed by atoms with Gasteiger partial charge >= 0.3 is 5.97 Å². The topological polar surface area (TPSA) is 74.4 Å². The van der Waals surface area contributed by atoms with Crippen molar-refractivity contribution >= 4 is 23.2 Å². The number of hydrogen-bond donors (Lipinski definition) is 2. The van der Waals surface area contributed by atoms with Gasteiger partial charge in [-0.2, -0.15) is 0 Å². The molecule has 3 rings (SSSR count). The summed E-state index contributed by atoms with van der Waals surface area (Å²) in [6, 6.07) is 4.38. The molecule has 2 aromatic rings. The number of aryl methyl sites for hydroxylation is 1. The van der Waals surface area contributed by atoms with E-state index in [1.807, 2.05) is 0 Å². The fourth-order valence-corrected chi connectivity index (χ4v) is 4.86. The zero-order valence-electron chi connectivity index (χ0n) is 17.7. The van der Waals surface area contributed by atoms with Crippen LogP contribution in [-0.4, -0.2) is 48.0 Å². The molecule has 0 radical (unpaired) electrons. The highest BCUT2D eigenvalue weighted by Crippen LogP contribution is 2.29. The van der Waals surface area contributed by atoms with Crippen LogP contribution in [-0.2, 0) is 4.74 Å². The van der Waals surface area contributed by atoms with E-state index in [1.54, 1.807) is 32.1 Å². The Bertz CT molecular complexity index is 836. The SMILES string of the molecule is CCOC(=O)c1c(C)[nH]c(C(=O)NCC(c2cccs2)N2CCC(C)CC2)c1C. The summed E-state index contributed by atoms with van der Waals surface area (Å²) in [4.78, 5) is 31.9. The fourth-order valence-electron chi connectivity index (χ4n) is 4.00. The minimum absolute atomic E-state index is 0.173. The van der Waals surface area contributed by atoms with E-state index in [2.05, 4.69) is 39.6 Å². The molecule has 7 heteroatoms. The third-order valence-corrected chi connectivity index (χ3v) is 6.70. The third-order valence-electron chi connectivity index (χ3n) is 5.73. The van der Waals surface area contributed by atoms with E-state index >= 15 is 0 Å². The average molecular weight is 418 g/mol. The lowest BCUT2D eigenvalue weighted by Crippen LogP contribution is -2.41. The maximum Gasteiger partial charge on any atom is 0.340 e. The summed E-state index contributed by atoms with van der Waals surface area (Å²) in [5.41, 5.74) is 2.18. The number of aromatic nitrogens is 1. The van der Waals surface area contributed by atoms with Gasteiger partial charge in [-0.3, -0.25) is 9.69 Å². The molecule has 0 saturated carbocycles.